The molecule has 0 aromatic carbocycles. The SMILES string of the molecule is CC(C)CNC(N)=NCC(C)(C)N1CCCC(C)C1.I. The maximum atomic E-state index is 5.91. The van der Waals surface area contributed by atoms with E-state index in [2.05, 4.69) is 49.8 Å². The molecule has 1 aliphatic heterocycles. The van der Waals surface area contributed by atoms with E-state index in [9.17, 15) is 0 Å². The van der Waals surface area contributed by atoms with Crippen LogP contribution in [0.1, 0.15) is 47.5 Å². The lowest BCUT2D eigenvalue weighted by molar-refractivity contribution is 0.0775. The van der Waals surface area contributed by atoms with Gasteiger partial charge in [-0.25, -0.2) is 0 Å². The minimum absolute atomic E-state index is 0. The third-order valence-electron chi connectivity index (χ3n) is 3.84. The Hall–Kier alpha value is -0.0400. The Balaban J connectivity index is 0.00000361. The largest absolute Gasteiger partial charge is 0.370 e. The van der Waals surface area contributed by atoms with Crippen LogP contribution >= 0.6 is 24.0 Å². The first-order valence-electron chi connectivity index (χ1n) is 7.60. The average Bonchev–Trinajstić information content (AvgIpc) is 2.34. The molecule has 5 heteroatoms. The zero-order valence-electron chi connectivity index (χ0n) is 13.8. The topological polar surface area (TPSA) is 53.6 Å². The van der Waals surface area contributed by atoms with Gasteiger partial charge in [0.05, 0.1) is 6.54 Å². The Bertz CT molecular complexity index is 302. The zero-order chi connectivity index (χ0) is 14.5. The van der Waals surface area contributed by atoms with Crippen molar-refractivity contribution in [1.82, 2.24) is 10.2 Å². The number of halogens is 1. The molecule has 0 spiro atoms. The van der Waals surface area contributed by atoms with Crippen LogP contribution in [0.3, 0.4) is 0 Å². The normalized spacial score (nSPS) is 21.7. The maximum Gasteiger partial charge on any atom is 0.188 e. The predicted molar refractivity (Wildman–Crippen MR) is 98.8 cm³/mol. The second-order valence-corrected chi connectivity index (χ2v) is 6.98. The van der Waals surface area contributed by atoms with Crippen LogP contribution in [0, 0.1) is 11.8 Å². The summed E-state index contributed by atoms with van der Waals surface area (Å²) in [5, 5.41) is 3.18. The Morgan fingerprint density at radius 1 is 1.45 bits per heavy atom. The van der Waals surface area contributed by atoms with E-state index < -0.39 is 0 Å². The number of guanidine groups is 1. The summed E-state index contributed by atoms with van der Waals surface area (Å²) in [4.78, 5) is 7.07. The molecule has 0 bridgehead atoms. The molecule has 0 aliphatic carbocycles. The summed E-state index contributed by atoms with van der Waals surface area (Å²) in [7, 11) is 0. The summed E-state index contributed by atoms with van der Waals surface area (Å²) in [6.07, 6.45) is 2.66. The van der Waals surface area contributed by atoms with Crippen LogP contribution in [0.15, 0.2) is 4.99 Å². The van der Waals surface area contributed by atoms with E-state index >= 15 is 0 Å². The molecule has 0 aromatic heterocycles. The number of hydrogen-bond donors (Lipinski definition) is 2. The van der Waals surface area contributed by atoms with E-state index in [1.165, 1.54) is 25.9 Å². The van der Waals surface area contributed by atoms with Crippen LogP contribution in [0.25, 0.3) is 0 Å². The van der Waals surface area contributed by atoms with Crippen LogP contribution in [0.2, 0.25) is 0 Å². The maximum absolute atomic E-state index is 5.91. The van der Waals surface area contributed by atoms with E-state index in [0.717, 1.165) is 19.0 Å². The standard InChI is InChI=1S/C15H32N4.HI/c1-12(2)9-17-14(16)18-11-15(4,5)19-8-6-7-13(3)10-19;/h12-13H,6-11H2,1-5H3,(H3,16,17,18);1H. The quantitative estimate of drug-likeness (QED) is 0.427. The van der Waals surface area contributed by atoms with Crippen LogP contribution < -0.4 is 11.1 Å². The van der Waals surface area contributed by atoms with Gasteiger partial charge in [0.2, 0.25) is 0 Å². The third kappa shape index (κ3) is 7.11. The Labute approximate surface area is 142 Å². The number of aliphatic imine (C=N–C) groups is 1. The molecular formula is C15H33IN4. The average molecular weight is 396 g/mol. The highest BCUT2D eigenvalue weighted by molar-refractivity contribution is 14.0. The molecular weight excluding hydrogens is 363 g/mol. The fourth-order valence-corrected chi connectivity index (χ4v) is 2.48. The molecule has 1 unspecified atom stereocenters. The summed E-state index contributed by atoms with van der Waals surface area (Å²) < 4.78 is 0. The molecule has 0 amide bonds. The summed E-state index contributed by atoms with van der Waals surface area (Å²) >= 11 is 0. The van der Waals surface area contributed by atoms with E-state index in [4.69, 9.17) is 5.73 Å². The van der Waals surface area contributed by atoms with Crippen molar-refractivity contribution in [1.29, 1.82) is 0 Å². The van der Waals surface area contributed by atoms with Gasteiger partial charge in [0.1, 0.15) is 0 Å². The number of nitrogens with one attached hydrogen (secondary N) is 1. The molecule has 1 saturated heterocycles. The van der Waals surface area contributed by atoms with E-state index in [1.807, 2.05) is 0 Å². The van der Waals surface area contributed by atoms with Gasteiger partial charge in [-0.2, -0.15) is 0 Å². The van der Waals surface area contributed by atoms with Crippen molar-refractivity contribution in [3.63, 3.8) is 0 Å². The van der Waals surface area contributed by atoms with Gasteiger partial charge < -0.3 is 11.1 Å². The highest BCUT2D eigenvalue weighted by Crippen LogP contribution is 2.23. The van der Waals surface area contributed by atoms with Gasteiger partial charge in [0.15, 0.2) is 5.96 Å². The van der Waals surface area contributed by atoms with Gasteiger partial charge in [-0.05, 0) is 45.1 Å². The number of piperidine rings is 1. The molecule has 0 aromatic rings. The highest BCUT2D eigenvalue weighted by Gasteiger charge is 2.29. The molecule has 0 saturated carbocycles. The van der Waals surface area contributed by atoms with Crippen molar-refractivity contribution < 1.29 is 0 Å². The van der Waals surface area contributed by atoms with E-state index in [-0.39, 0.29) is 29.5 Å². The number of nitrogens with zero attached hydrogens (tertiary/aromatic N) is 2. The second-order valence-electron chi connectivity index (χ2n) is 6.98. The Morgan fingerprint density at radius 3 is 2.65 bits per heavy atom. The van der Waals surface area contributed by atoms with Crippen LogP contribution in [-0.4, -0.2) is 42.6 Å². The first kappa shape index (κ1) is 20.0. The van der Waals surface area contributed by atoms with Crippen molar-refractivity contribution in [3.05, 3.63) is 0 Å². The van der Waals surface area contributed by atoms with Gasteiger partial charge in [0.25, 0.3) is 0 Å². The first-order valence-corrected chi connectivity index (χ1v) is 7.60. The molecule has 1 fully saturated rings. The lowest BCUT2D eigenvalue weighted by Crippen LogP contribution is -2.51. The van der Waals surface area contributed by atoms with Gasteiger partial charge >= 0.3 is 0 Å². The van der Waals surface area contributed by atoms with Crippen LogP contribution in [0.4, 0.5) is 0 Å². The third-order valence-corrected chi connectivity index (χ3v) is 3.84. The van der Waals surface area contributed by atoms with Gasteiger partial charge in [0, 0.05) is 18.6 Å². The van der Waals surface area contributed by atoms with Gasteiger partial charge in [-0.3, -0.25) is 9.89 Å². The minimum atomic E-state index is 0. The second kappa shape index (κ2) is 9.07. The van der Waals surface area contributed by atoms with Gasteiger partial charge in [-0.1, -0.05) is 20.8 Å². The summed E-state index contributed by atoms with van der Waals surface area (Å²) in [6.45, 7) is 15.2. The van der Waals surface area contributed by atoms with Crippen molar-refractivity contribution in [2.24, 2.45) is 22.6 Å². The zero-order valence-corrected chi connectivity index (χ0v) is 16.1. The lowest BCUT2D eigenvalue weighted by atomic mass is 9.94. The highest BCUT2D eigenvalue weighted by atomic mass is 127. The number of rotatable bonds is 5. The summed E-state index contributed by atoms with van der Waals surface area (Å²) in [6, 6.07) is 0. The minimum Gasteiger partial charge on any atom is -0.370 e. The molecule has 1 atom stereocenters. The molecule has 0 radical (unpaired) electrons. The monoisotopic (exact) mass is 396 g/mol. The molecule has 1 rings (SSSR count). The fourth-order valence-electron chi connectivity index (χ4n) is 2.48. The van der Waals surface area contributed by atoms with Gasteiger partial charge in [-0.15, -0.1) is 24.0 Å². The fraction of sp³-hybridized carbons (Fsp3) is 0.933. The van der Waals surface area contributed by atoms with Crippen molar-refractivity contribution in [2.75, 3.05) is 26.2 Å². The predicted octanol–water partition coefficient (Wildman–Crippen LogP) is 2.68. The Kier molecular flexibility index (Phi) is 9.06. The number of likely N-dealkylation sites (tertiary alicyclic amines) is 1. The van der Waals surface area contributed by atoms with Crippen molar-refractivity contribution >= 4 is 29.9 Å². The van der Waals surface area contributed by atoms with E-state index in [0.29, 0.717) is 11.9 Å². The summed E-state index contributed by atoms with van der Waals surface area (Å²) in [5.74, 6) is 1.96. The van der Waals surface area contributed by atoms with Crippen LogP contribution in [0.5, 0.6) is 0 Å². The molecule has 4 nitrogen and oxygen atoms in total. The van der Waals surface area contributed by atoms with Crippen LogP contribution in [-0.2, 0) is 0 Å². The van der Waals surface area contributed by atoms with Crippen molar-refractivity contribution in [2.45, 2.75) is 53.0 Å². The first-order chi connectivity index (χ1) is 8.81. The molecule has 1 heterocycles. The molecule has 20 heavy (non-hydrogen) atoms. The van der Waals surface area contributed by atoms with E-state index in [1.54, 1.807) is 0 Å². The number of nitrogens with two attached hydrogens (primary N) is 1. The van der Waals surface area contributed by atoms with Crippen molar-refractivity contribution in [3.8, 4) is 0 Å². The molecule has 3 N–H and O–H groups in total. The summed E-state index contributed by atoms with van der Waals surface area (Å²) in [5.41, 5.74) is 6.00. The smallest absolute Gasteiger partial charge is 0.188 e. The lowest BCUT2D eigenvalue weighted by Gasteiger charge is -2.42. The Morgan fingerprint density at radius 2 is 2.10 bits per heavy atom. The molecule has 120 valence electrons. The number of hydrogen-bond acceptors (Lipinski definition) is 2. The molecule has 1 aliphatic rings.